The fourth-order valence-corrected chi connectivity index (χ4v) is 4.11. The van der Waals surface area contributed by atoms with E-state index in [4.69, 9.17) is 4.74 Å². The zero-order valence-corrected chi connectivity index (χ0v) is 15.9. The van der Waals surface area contributed by atoms with Gasteiger partial charge in [0.05, 0.1) is 18.9 Å². The number of rotatable bonds is 6. The molecule has 1 amide bonds. The van der Waals surface area contributed by atoms with Gasteiger partial charge in [-0.25, -0.2) is 0 Å². The summed E-state index contributed by atoms with van der Waals surface area (Å²) in [5.74, 6) is 1.28. The van der Waals surface area contributed by atoms with Crippen molar-refractivity contribution in [3.8, 4) is 5.75 Å². The SMILES string of the molecule is COc1ccc(C)cc1[C@H](C)NC(=O)CSc1ccc2c(c1)CCC2. The van der Waals surface area contributed by atoms with E-state index in [0.29, 0.717) is 5.75 Å². The zero-order chi connectivity index (χ0) is 17.8. The molecule has 2 aromatic rings. The smallest absolute Gasteiger partial charge is 0.230 e. The van der Waals surface area contributed by atoms with Crippen LogP contribution in [0.3, 0.4) is 0 Å². The maximum Gasteiger partial charge on any atom is 0.230 e. The van der Waals surface area contributed by atoms with Crippen LogP contribution in [0.25, 0.3) is 0 Å². The number of benzene rings is 2. The topological polar surface area (TPSA) is 38.3 Å². The Balaban J connectivity index is 1.58. The fraction of sp³-hybridized carbons (Fsp3) is 0.381. The van der Waals surface area contributed by atoms with Gasteiger partial charge in [0.2, 0.25) is 5.91 Å². The number of carbonyl (C=O) groups excluding carboxylic acids is 1. The van der Waals surface area contributed by atoms with Gasteiger partial charge in [0.1, 0.15) is 5.75 Å². The van der Waals surface area contributed by atoms with Gasteiger partial charge < -0.3 is 10.1 Å². The highest BCUT2D eigenvalue weighted by molar-refractivity contribution is 8.00. The lowest BCUT2D eigenvalue weighted by molar-refractivity contribution is -0.119. The summed E-state index contributed by atoms with van der Waals surface area (Å²) >= 11 is 1.60. The summed E-state index contributed by atoms with van der Waals surface area (Å²) in [7, 11) is 1.66. The van der Waals surface area contributed by atoms with E-state index in [0.717, 1.165) is 16.9 Å². The Morgan fingerprint density at radius 1 is 1.20 bits per heavy atom. The van der Waals surface area contributed by atoms with Gasteiger partial charge in [0, 0.05) is 10.5 Å². The number of aryl methyl sites for hydroxylation is 3. The van der Waals surface area contributed by atoms with Crippen molar-refractivity contribution in [1.82, 2.24) is 5.32 Å². The number of carbonyl (C=O) groups is 1. The molecule has 0 aliphatic heterocycles. The van der Waals surface area contributed by atoms with Crippen LogP contribution >= 0.6 is 11.8 Å². The van der Waals surface area contributed by atoms with Crippen LogP contribution in [0.2, 0.25) is 0 Å². The molecule has 0 saturated carbocycles. The number of fused-ring (bicyclic) bond motifs is 1. The van der Waals surface area contributed by atoms with E-state index < -0.39 is 0 Å². The highest BCUT2D eigenvalue weighted by atomic mass is 32.2. The molecule has 0 spiro atoms. The maximum atomic E-state index is 12.3. The number of amides is 1. The Labute approximate surface area is 154 Å². The van der Waals surface area contributed by atoms with E-state index in [1.54, 1.807) is 18.9 Å². The molecule has 0 fully saturated rings. The zero-order valence-electron chi connectivity index (χ0n) is 15.1. The monoisotopic (exact) mass is 355 g/mol. The van der Waals surface area contributed by atoms with Crippen LogP contribution in [0.5, 0.6) is 5.75 Å². The minimum absolute atomic E-state index is 0.0431. The van der Waals surface area contributed by atoms with E-state index in [2.05, 4.69) is 29.6 Å². The number of methoxy groups -OCH3 is 1. The molecule has 132 valence electrons. The van der Waals surface area contributed by atoms with E-state index in [1.165, 1.54) is 35.3 Å². The highest BCUT2D eigenvalue weighted by Crippen LogP contribution is 2.28. The molecular weight excluding hydrogens is 330 g/mol. The van der Waals surface area contributed by atoms with Crippen LogP contribution in [0.1, 0.15) is 41.6 Å². The summed E-state index contributed by atoms with van der Waals surface area (Å²) in [4.78, 5) is 13.5. The molecule has 0 aromatic heterocycles. The van der Waals surface area contributed by atoms with Crippen molar-refractivity contribution in [1.29, 1.82) is 0 Å². The molecule has 1 aliphatic rings. The molecule has 0 unspecified atom stereocenters. The molecule has 1 atom stereocenters. The van der Waals surface area contributed by atoms with Crippen LogP contribution in [0, 0.1) is 6.92 Å². The molecule has 4 heteroatoms. The number of ether oxygens (including phenoxy) is 1. The molecule has 1 N–H and O–H groups in total. The van der Waals surface area contributed by atoms with Crippen molar-refractivity contribution in [2.45, 2.75) is 44.0 Å². The largest absolute Gasteiger partial charge is 0.496 e. The number of thioether (sulfide) groups is 1. The molecule has 0 radical (unpaired) electrons. The maximum absolute atomic E-state index is 12.3. The van der Waals surface area contributed by atoms with Gasteiger partial charge in [-0.15, -0.1) is 11.8 Å². The Morgan fingerprint density at radius 2 is 2.00 bits per heavy atom. The lowest BCUT2D eigenvalue weighted by Crippen LogP contribution is -2.28. The van der Waals surface area contributed by atoms with Crippen LogP contribution in [0.15, 0.2) is 41.3 Å². The lowest BCUT2D eigenvalue weighted by Gasteiger charge is -2.18. The average Bonchev–Trinajstić information content (AvgIpc) is 3.07. The van der Waals surface area contributed by atoms with Gasteiger partial charge in [0.15, 0.2) is 0 Å². The molecule has 3 nitrogen and oxygen atoms in total. The van der Waals surface area contributed by atoms with Crippen LogP contribution < -0.4 is 10.1 Å². The van der Waals surface area contributed by atoms with Crippen molar-refractivity contribution in [3.05, 3.63) is 58.7 Å². The first-order valence-electron chi connectivity index (χ1n) is 8.75. The summed E-state index contributed by atoms with van der Waals surface area (Å²) in [6, 6.07) is 12.5. The second-order valence-corrected chi connectivity index (χ2v) is 7.66. The number of hydrogen-bond acceptors (Lipinski definition) is 3. The third-order valence-corrected chi connectivity index (χ3v) is 5.66. The van der Waals surface area contributed by atoms with E-state index in [1.807, 2.05) is 26.0 Å². The predicted octanol–water partition coefficient (Wildman–Crippen LogP) is 4.46. The third-order valence-electron chi connectivity index (χ3n) is 4.67. The van der Waals surface area contributed by atoms with E-state index in [-0.39, 0.29) is 11.9 Å². The number of nitrogens with one attached hydrogen (secondary N) is 1. The normalized spacial score (nSPS) is 14.0. The molecule has 0 heterocycles. The summed E-state index contributed by atoms with van der Waals surface area (Å²) in [5, 5.41) is 3.08. The first-order chi connectivity index (χ1) is 12.1. The summed E-state index contributed by atoms with van der Waals surface area (Å²) in [6.07, 6.45) is 3.61. The van der Waals surface area contributed by atoms with Gasteiger partial charge in [-0.2, -0.15) is 0 Å². The fourth-order valence-electron chi connectivity index (χ4n) is 3.34. The van der Waals surface area contributed by atoms with E-state index >= 15 is 0 Å². The summed E-state index contributed by atoms with van der Waals surface area (Å²) < 4.78 is 5.42. The van der Waals surface area contributed by atoms with Crippen molar-refractivity contribution in [3.63, 3.8) is 0 Å². The molecule has 2 aromatic carbocycles. The molecule has 1 aliphatic carbocycles. The highest BCUT2D eigenvalue weighted by Gasteiger charge is 2.15. The standard InChI is InChI=1S/C21H25NO2S/c1-14-7-10-20(24-3)19(11-14)15(2)22-21(23)13-25-18-9-8-16-5-4-6-17(16)12-18/h7-12,15H,4-6,13H2,1-3H3,(H,22,23)/t15-/m0/s1. The van der Waals surface area contributed by atoms with Gasteiger partial charge in [0.25, 0.3) is 0 Å². The average molecular weight is 356 g/mol. The molecule has 0 saturated heterocycles. The quantitative estimate of drug-likeness (QED) is 0.778. The lowest BCUT2D eigenvalue weighted by atomic mass is 10.0. The predicted molar refractivity (Wildman–Crippen MR) is 103 cm³/mol. The van der Waals surface area contributed by atoms with Crippen molar-refractivity contribution >= 4 is 17.7 Å². The second-order valence-electron chi connectivity index (χ2n) is 6.61. The van der Waals surface area contributed by atoms with Crippen LogP contribution in [0.4, 0.5) is 0 Å². The molecular formula is C21H25NO2S. The Kier molecular flexibility index (Phi) is 5.69. The van der Waals surface area contributed by atoms with Gasteiger partial charge in [-0.05, 0) is 62.4 Å². The van der Waals surface area contributed by atoms with E-state index in [9.17, 15) is 4.79 Å². The van der Waals surface area contributed by atoms with Crippen molar-refractivity contribution < 1.29 is 9.53 Å². The van der Waals surface area contributed by atoms with Crippen molar-refractivity contribution in [2.24, 2.45) is 0 Å². The first-order valence-corrected chi connectivity index (χ1v) is 9.74. The molecule has 0 bridgehead atoms. The first kappa shape index (κ1) is 17.9. The Hall–Kier alpha value is -1.94. The molecule has 3 rings (SSSR count). The number of hydrogen-bond donors (Lipinski definition) is 1. The van der Waals surface area contributed by atoms with Gasteiger partial charge in [-0.3, -0.25) is 4.79 Å². The Morgan fingerprint density at radius 3 is 2.80 bits per heavy atom. The Bertz CT molecular complexity index is 772. The second kappa shape index (κ2) is 7.96. The van der Waals surface area contributed by atoms with Crippen LogP contribution in [-0.4, -0.2) is 18.8 Å². The minimum atomic E-state index is -0.0806. The van der Waals surface area contributed by atoms with Crippen LogP contribution in [-0.2, 0) is 17.6 Å². The van der Waals surface area contributed by atoms with Gasteiger partial charge in [-0.1, -0.05) is 23.8 Å². The molecule has 25 heavy (non-hydrogen) atoms. The summed E-state index contributed by atoms with van der Waals surface area (Å²) in [5.41, 5.74) is 5.08. The van der Waals surface area contributed by atoms with Gasteiger partial charge >= 0.3 is 0 Å². The summed E-state index contributed by atoms with van der Waals surface area (Å²) in [6.45, 7) is 4.04. The van der Waals surface area contributed by atoms with Crippen molar-refractivity contribution in [2.75, 3.05) is 12.9 Å². The third kappa shape index (κ3) is 4.37. The minimum Gasteiger partial charge on any atom is -0.496 e.